The number of likely N-dealkylation sites (N-methyl/N-ethyl adjacent to an activating group) is 1. The van der Waals surface area contributed by atoms with Gasteiger partial charge in [0.15, 0.2) is 23.1 Å². The van der Waals surface area contributed by atoms with E-state index in [4.69, 9.17) is 17.2 Å². The molecule has 1 aliphatic rings. The molecule has 0 aromatic heterocycles. The van der Waals surface area contributed by atoms with Crippen LogP contribution >= 0.6 is 0 Å². The number of nitrogens with two attached hydrogens (primary N) is 3. The molecule has 1 aromatic rings. The average molecular weight is 997 g/mol. The molecule has 0 aliphatic carbocycles. The monoisotopic (exact) mass is 997 g/mol. The van der Waals surface area contributed by atoms with Crippen LogP contribution in [0, 0.1) is 29.6 Å². The number of phenols is 1. The Morgan fingerprint density at radius 1 is 0.803 bits per heavy atom. The first-order chi connectivity index (χ1) is 33.5. The molecule has 1 aromatic carbocycles. The summed E-state index contributed by atoms with van der Waals surface area (Å²) < 4.78 is 0. The highest BCUT2D eigenvalue weighted by Gasteiger charge is 2.36. The third-order valence-corrected chi connectivity index (χ3v) is 12.8. The van der Waals surface area contributed by atoms with Crippen LogP contribution in [-0.2, 0) is 64.0 Å². The number of carbonyl (C=O) groups excluding carboxylic acids is 12. The number of aromatic hydroxyl groups is 1. The third-order valence-electron chi connectivity index (χ3n) is 12.8. The average Bonchev–Trinajstić information content (AvgIpc) is 3.31. The van der Waals surface area contributed by atoms with E-state index in [1.165, 1.54) is 19.2 Å². The van der Waals surface area contributed by atoms with Gasteiger partial charge in [-0.15, -0.1) is 0 Å². The van der Waals surface area contributed by atoms with Gasteiger partial charge in [0.2, 0.25) is 47.3 Å². The predicted octanol–water partition coefficient (Wildman–Crippen LogP) is 1.11. The molecule has 21 heteroatoms. The van der Waals surface area contributed by atoms with Crippen molar-refractivity contribution in [3.05, 3.63) is 29.8 Å². The maximum absolute atomic E-state index is 14.2. The fourth-order valence-electron chi connectivity index (χ4n) is 8.41. The number of hydrogen-bond donors (Lipinski definition) is 8. The normalized spacial score (nSPS) is 20.9. The lowest BCUT2D eigenvalue weighted by atomic mass is 9.86. The lowest BCUT2D eigenvalue weighted by molar-refractivity contribution is -0.141. The van der Waals surface area contributed by atoms with Gasteiger partial charge in [-0.3, -0.25) is 57.5 Å². The van der Waals surface area contributed by atoms with Crippen LogP contribution in [0.15, 0.2) is 24.3 Å². The molecule has 21 nitrogen and oxygen atoms in total. The molecule has 0 bridgehead atoms. The minimum atomic E-state index is -1.65. The molecule has 1 aliphatic heterocycles. The molecule has 0 spiro atoms. The van der Waals surface area contributed by atoms with Crippen molar-refractivity contribution in [2.45, 2.75) is 148 Å². The Kier molecular flexibility index (Phi) is 27.0. The number of primary amides is 3. The number of nitrogens with zero attached hydrogens (tertiary/aromatic N) is 1. The second kappa shape index (κ2) is 31.6. The van der Waals surface area contributed by atoms with Crippen molar-refractivity contribution in [3.63, 3.8) is 0 Å². The van der Waals surface area contributed by atoms with E-state index in [9.17, 15) is 62.6 Å². The second-order valence-electron chi connectivity index (χ2n) is 18.8. The maximum Gasteiger partial charge on any atom is 0.236 e. The fourth-order valence-corrected chi connectivity index (χ4v) is 8.41. The van der Waals surface area contributed by atoms with Gasteiger partial charge in [0, 0.05) is 69.2 Å². The second-order valence-corrected chi connectivity index (χ2v) is 18.8. The van der Waals surface area contributed by atoms with Crippen LogP contribution in [-0.4, -0.2) is 119 Å². The van der Waals surface area contributed by atoms with Crippen molar-refractivity contribution in [1.29, 1.82) is 0 Å². The summed E-state index contributed by atoms with van der Waals surface area (Å²) in [4.78, 5) is 161. The first-order valence-electron chi connectivity index (χ1n) is 24.7. The highest BCUT2D eigenvalue weighted by molar-refractivity contribution is 5.99. The van der Waals surface area contributed by atoms with Crippen LogP contribution in [0.3, 0.4) is 0 Å². The molecule has 7 atom stereocenters. The quantitative estimate of drug-likeness (QED) is 0.0674. The summed E-state index contributed by atoms with van der Waals surface area (Å²) in [5.41, 5.74) is 16.7. The van der Waals surface area contributed by atoms with Gasteiger partial charge < -0.3 is 48.5 Å². The SMILES string of the molecule is CCCCCCCC[C@H](CC(=O)CN(C)C(=O)[C@@H]1CCC(=O)NCC(=O)C[C@@H](Cc2ccc(O)cc2)C(=O)N[C@@H]([C@@H](C)CC)C(=O)C[C@@H](CCC(N)=O)C(=O)N[C@@H](CC(N)=O)C(=O)C1)C(=O)NCC(N)=O. The van der Waals surface area contributed by atoms with Crippen LogP contribution in [0.4, 0.5) is 0 Å². The van der Waals surface area contributed by atoms with E-state index in [2.05, 4.69) is 28.2 Å². The summed E-state index contributed by atoms with van der Waals surface area (Å²) in [6, 6.07) is 3.09. The van der Waals surface area contributed by atoms with Gasteiger partial charge in [-0.05, 0) is 49.3 Å². The van der Waals surface area contributed by atoms with E-state index in [-0.39, 0.29) is 44.3 Å². The van der Waals surface area contributed by atoms with Gasteiger partial charge in [-0.25, -0.2) is 0 Å². The number of phenolic OH excluding ortho intramolecular Hbond substituents is 1. The molecular weight excluding hydrogens is 921 g/mol. The van der Waals surface area contributed by atoms with Crippen LogP contribution in [0.5, 0.6) is 5.75 Å². The van der Waals surface area contributed by atoms with Crippen LogP contribution in [0.1, 0.15) is 135 Å². The van der Waals surface area contributed by atoms with E-state index in [1.807, 2.05) is 0 Å². The highest BCUT2D eigenvalue weighted by Crippen LogP contribution is 2.24. The molecule has 11 N–H and O–H groups in total. The Balaban J connectivity index is 2.55. The molecule has 0 saturated carbocycles. The molecule has 2 rings (SSSR count). The smallest absolute Gasteiger partial charge is 0.236 e. The van der Waals surface area contributed by atoms with Gasteiger partial charge >= 0.3 is 0 Å². The van der Waals surface area contributed by atoms with Gasteiger partial charge in [0.25, 0.3) is 0 Å². The Bertz CT molecular complexity index is 2040. The van der Waals surface area contributed by atoms with Crippen molar-refractivity contribution < 1.29 is 62.6 Å². The van der Waals surface area contributed by atoms with E-state index in [1.54, 1.807) is 26.0 Å². The Morgan fingerprint density at radius 3 is 2.07 bits per heavy atom. The van der Waals surface area contributed by atoms with E-state index < -0.39 is 157 Å². The zero-order valence-electron chi connectivity index (χ0n) is 41.7. The molecule has 1 fully saturated rings. The highest BCUT2D eigenvalue weighted by atomic mass is 16.3. The molecule has 1 heterocycles. The number of Topliss-reactive ketones (excluding diaryl/α,β-unsaturated/α-hetero) is 4. The van der Waals surface area contributed by atoms with Crippen molar-refractivity contribution >= 4 is 70.4 Å². The fraction of sp³-hybridized carbons (Fsp3) is 0.640. The molecule has 0 unspecified atom stereocenters. The topological polar surface area (TPSA) is 354 Å². The van der Waals surface area contributed by atoms with Crippen molar-refractivity contribution in [3.8, 4) is 5.75 Å². The lowest BCUT2D eigenvalue weighted by Crippen LogP contribution is -2.50. The molecular formula is C50H76N8O13. The van der Waals surface area contributed by atoms with Crippen LogP contribution in [0.2, 0.25) is 0 Å². The van der Waals surface area contributed by atoms with Crippen molar-refractivity contribution in [1.82, 2.24) is 26.2 Å². The molecule has 8 amide bonds. The Hall–Kier alpha value is -6.54. The molecule has 1 saturated heterocycles. The number of hydrogen-bond acceptors (Lipinski definition) is 13. The summed E-state index contributed by atoms with van der Waals surface area (Å²) in [6.07, 6.45) is 2.16. The first kappa shape index (κ1) is 60.6. The van der Waals surface area contributed by atoms with Gasteiger partial charge in [-0.1, -0.05) is 77.8 Å². The van der Waals surface area contributed by atoms with Crippen LogP contribution in [0.25, 0.3) is 0 Å². The van der Waals surface area contributed by atoms with E-state index >= 15 is 0 Å². The maximum atomic E-state index is 14.2. The number of carbonyl (C=O) groups is 12. The Labute approximate surface area is 415 Å². The standard InChI is InChI=1S/C50H76N8O13/c1-5-7-8-9-10-11-12-32(47(68)55-28-44(53)66)22-38(61)29-58(4)50(71)34-16-20-45(67)54-27-37(60)23-35(21-31-13-17-36(59)18-14-31)49(70)57-46(30(3)6-2)41(63)24-33(15-19-42(51)64)48(69)56-39(26-43(52)65)40(62)25-34/h13-14,17-18,30,32-35,39,46,59H,5-12,15-16,19-29H2,1-4H3,(H2,51,64)(H2,52,65)(H2,53,66)(H,54,67)(H,55,68)(H,56,69)(H,57,70)/t30-,32+,33+,34+,35+,39-,46-/m0/s1. The van der Waals surface area contributed by atoms with Gasteiger partial charge in [-0.2, -0.15) is 0 Å². The number of rotatable bonds is 24. The number of nitrogens with one attached hydrogen (secondary N) is 4. The van der Waals surface area contributed by atoms with Crippen molar-refractivity contribution in [2.24, 2.45) is 46.8 Å². The van der Waals surface area contributed by atoms with Gasteiger partial charge in [0.1, 0.15) is 5.75 Å². The molecule has 394 valence electrons. The third kappa shape index (κ3) is 23.3. The van der Waals surface area contributed by atoms with E-state index in [0.717, 1.165) is 37.0 Å². The van der Waals surface area contributed by atoms with E-state index in [0.29, 0.717) is 24.8 Å². The lowest BCUT2D eigenvalue weighted by Gasteiger charge is -2.28. The number of amides is 8. The summed E-state index contributed by atoms with van der Waals surface area (Å²) >= 11 is 0. The number of ketones is 4. The Morgan fingerprint density at radius 2 is 1.45 bits per heavy atom. The largest absolute Gasteiger partial charge is 0.508 e. The predicted molar refractivity (Wildman–Crippen MR) is 260 cm³/mol. The number of unbranched alkanes of at least 4 members (excludes halogenated alkanes) is 5. The first-order valence-corrected chi connectivity index (χ1v) is 24.7. The van der Waals surface area contributed by atoms with Crippen molar-refractivity contribution in [2.75, 3.05) is 26.7 Å². The minimum Gasteiger partial charge on any atom is -0.508 e. The summed E-state index contributed by atoms with van der Waals surface area (Å²) in [5.74, 6) is -13.9. The zero-order valence-corrected chi connectivity index (χ0v) is 41.7. The summed E-state index contributed by atoms with van der Waals surface area (Å²) in [7, 11) is 1.29. The molecule has 0 radical (unpaired) electrons. The summed E-state index contributed by atoms with van der Waals surface area (Å²) in [5, 5.41) is 20.0. The van der Waals surface area contributed by atoms with Crippen LogP contribution < -0.4 is 38.5 Å². The molecule has 71 heavy (non-hydrogen) atoms. The minimum absolute atomic E-state index is 0.00573. The number of benzene rings is 1. The summed E-state index contributed by atoms with van der Waals surface area (Å²) in [6.45, 7) is 4.07. The zero-order chi connectivity index (χ0) is 53.2. The van der Waals surface area contributed by atoms with Gasteiger partial charge in [0.05, 0.1) is 38.1 Å².